The highest BCUT2D eigenvalue weighted by molar-refractivity contribution is 5.97. The molecule has 1 fully saturated rings. The molecule has 8 heteroatoms. The second-order valence-corrected chi connectivity index (χ2v) is 5.58. The van der Waals surface area contributed by atoms with E-state index in [-0.39, 0.29) is 18.9 Å². The van der Waals surface area contributed by atoms with Gasteiger partial charge in [0, 0.05) is 18.7 Å². The van der Waals surface area contributed by atoms with Crippen LogP contribution in [0, 0.1) is 17.5 Å². The van der Waals surface area contributed by atoms with Crippen molar-refractivity contribution in [3.8, 4) is 0 Å². The number of anilines is 2. The molecule has 25 heavy (non-hydrogen) atoms. The number of urea groups is 1. The summed E-state index contributed by atoms with van der Waals surface area (Å²) < 4.78 is 40.0. The number of hydrogen-bond acceptors (Lipinski definition) is 2. The lowest BCUT2D eigenvalue weighted by Gasteiger charge is -2.17. The molecule has 0 radical (unpaired) electrons. The fraction of sp³-hybridized carbons (Fsp3) is 0.176. The Morgan fingerprint density at radius 3 is 2.32 bits per heavy atom. The number of carbonyl (C=O) groups excluding carboxylic acids is 2. The zero-order chi connectivity index (χ0) is 18.0. The van der Waals surface area contributed by atoms with Crippen molar-refractivity contribution in [2.24, 2.45) is 0 Å². The second-order valence-electron chi connectivity index (χ2n) is 5.58. The molecule has 0 aromatic heterocycles. The van der Waals surface area contributed by atoms with Gasteiger partial charge in [-0.05, 0) is 36.4 Å². The maximum Gasteiger partial charge on any atom is 0.319 e. The van der Waals surface area contributed by atoms with Crippen molar-refractivity contribution in [2.45, 2.75) is 12.5 Å². The number of rotatable bonds is 3. The van der Waals surface area contributed by atoms with Gasteiger partial charge >= 0.3 is 6.03 Å². The summed E-state index contributed by atoms with van der Waals surface area (Å²) in [5.41, 5.74) is -0.0454. The largest absolute Gasteiger partial charge is 0.333 e. The molecule has 3 amide bonds. The molecule has 2 N–H and O–H groups in total. The van der Waals surface area contributed by atoms with Crippen LogP contribution in [0.2, 0.25) is 0 Å². The highest BCUT2D eigenvalue weighted by Crippen LogP contribution is 2.22. The predicted octanol–water partition coefficient (Wildman–Crippen LogP) is 3.03. The van der Waals surface area contributed by atoms with E-state index in [0.717, 1.165) is 12.1 Å². The Kier molecular flexibility index (Phi) is 4.60. The highest BCUT2D eigenvalue weighted by atomic mass is 19.1. The molecule has 1 saturated heterocycles. The summed E-state index contributed by atoms with van der Waals surface area (Å²) in [6.45, 7) is 0.178. The van der Waals surface area contributed by atoms with E-state index in [2.05, 4.69) is 10.6 Å². The lowest BCUT2D eigenvalue weighted by molar-refractivity contribution is -0.117. The van der Waals surface area contributed by atoms with Crippen molar-refractivity contribution in [2.75, 3.05) is 16.8 Å². The standard InChI is InChI=1S/C17H14F3N3O2/c18-10-4-6-12(7-5-10)23-9-11(8-15(23)24)21-17(25)22-16-13(19)2-1-3-14(16)20/h1-7,11H,8-9H2,(H2,21,22,25). The zero-order valence-corrected chi connectivity index (χ0v) is 12.9. The first-order chi connectivity index (χ1) is 11.9. The number of nitrogens with one attached hydrogen (secondary N) is 2. The number of carbonyl (C=O) groups is 2. The molecular formula is C17H14F3N3O2. The van der Waals surface area contributed by atoms with Gasteiger partial charge in [0.15, 0.2) is 0 Å². The Labute approximate surface area is 141 Å². The maximum atomic E-state index is 13.5. The molecule has 2 aromatic carbocycles. The Bertz CT molecular complexity index is 791. The molecule has 3 rings (SSSR count). The van der Waals surface area contributed by atoms with Crippen molar-refractivity contribution in [1.82, 2.24) is 5.32 Å². The molecule has 0 saturated carbocycles. The highest BCUT2D eigenvalue weighted by Gasteiger charge is 2.31. The van der Waals surface area contributed by atoms with Crippen molar-refractivity contribution >= 4 is 23.3 Å². The van der Waals surface area contributed by atoms with E-state index >= 15 is 0 Å². The van der Waals surface area contributed by atoms with Gasteiger partial charge in [0.25, 0.3) is 0 Å². The maximum absolute atomic E-state index is 13.5. The summed E-state index contributed by atoms with van der Waals surface area (Å²) in [6, 6.07) is 7.27. The van der Waals surface area contributed by atoms with Crippen LogP contribution in [0.25, 0.3) is 0 Å². The molecule has 1 aliphatic heterocycles. The minimum atomic E-state index is -0.898. The lowest BCUT2D eigenvalue weighted by Crippen LogP contribution is -2.40. The van der Waals surface area contributed by atoms with Crippen LogP contribution in [0.1, 0.15) is 6.42 Å². The molecule has 1 atom stereocenters. The van der Waals surface area contributed by atoms with E-state index in [1.807, 2.05) is 0 Å². The quantitative estimate of drug-likeness (QED) is 0.895. The summed E-state index contributed by atoms with van der Waals surface area (Å²) in [4.78, 5) is 25.4. The number of para-hydroxylation sites is 1. The number of benzene rings is 2. The van der Waals surface area contributed by atoms with Crippen LogP contribution < -0.4 is 15.5 Å². The normalized spacial score (nSPS) is 16.8. The fourth-order valence-corrected chi connectivity index (χ4v) is 2.63. The minimum Gasteiger partial charge on any atom is -0.333 e. The number of hydrogen-bond donors (Lipinski definition) is 2. The third kappa shape index (κ3) is 3.73. The summed E-state index contributed by atoms with van der Waals surface area (Å²) in [5, 5.41) is 4.61. The molecule has 0 aliphatic carbocycles. The van der Waals surface area contributed by atoms with E-state index in [9.17, 15) is 22.8 Å². The first-order valence-corrected chi connectivity index (χ1v) is 7.51. The van der Waals surface area contributed by atoms with E-state index in [4.69, 9.17) is 0 Å². The average Bonchev–Trinajstić information content (AvgIpc) is 2.92. The van der Waals surface area contributed by atoms with Crippen molar-refractivity contribution in [3.05, 3.63) is 59.9 Å². The smallest absolute Gasteiger partial charge is 0.319 e. The molecule has 0 bridgehead atoms. The third-order valence-electron chi connectivity index (χ3n) is 3.80. The van der Waals surface area contributed by atoms with Gasteiger partial charge in [-0.15, -0.1) is 0 Å². The Morgan fingerprint density at radius 2 is 1.68 bits per heavy atom. The van der Waals surface area contributed by atoms with Gasteiger partial charge in [0.2, 0.25) is 5.91 Å². The van der Waals surface area contributed by atoms with Crippen LogP contribution in [-0.2, 0) is 4.79 Å². The van der Waals surface area contributed by atoms with Crippen LogP contribution in [0.4, 0.5) is 29.3 Å². The first kappa shape index (κ1) is 16.8. The monoisotopic (exact) mass is 349 g/mol. The van der Waals surface area contributed by atoms with Crippen molar-refractivity contribution in [3.63, 3.8) is 0 Å². The number of nitrogens with zero attached hydrogens (tertiary/aromatic N) is 1. The Balaban J connectivity index is 1.63. The minimum absolute atomic E-state index is 0.0323. The van der Waals surface area contributed by atoms with Gasteiger partial charge in [-0.25, -0.2) is 18.0 Å². The summed E-state index contributed by atoms with van der Waals surface area (Å²) >= 11 is 0. The average molecular weight is 349 g/mol. The molecule has 130 valence electrons. The van der Waals surface area contributed by atoms with Crippen LogP contribution in [0.15, 0.2) is 42.5 Å². The van der Waals surface area contributed by atoms with E-state index in [1.165, 1.54) is 35.2 Å². The number of halogens is 3. The van der Waals surface area contributed by atoms with Crippen LogP contribution in [0.5, 0.6) is 0 Å². The van der Waals surface area contributed by atoms with E-state index in [1.54, 1.807) is 0 Å². The molecule has 5 nitrogen and oxygen atoms in total. The second kappa shape index (κ2) is 6.84. The molecule has 2 aromatic rings. The summed E-state index contributed by atoms with van der Waals surface area (Å²) in [7, 11) is 0. The third-order valence-corrected chi connectivity index (χ3v) is 3.80. The van der Waals surface area contributed by atoms with Gasteiger partial charge in [-0.1, -0.05) is 6.07 Å². The topological polar surface area (TPSA) is 61.4 Å². The Hall–Kier alpha value is -3.03. The van der Waals surface area contributed by atoms with Gasteiger partial charge < -0.3 is 15.5 Å². The van der Waals surface area contributed by atoms with Crippen molar-refractivity contribution < 1.29 is 22.8 Å². The molecule has 1 unspecified atom stereocenters. The van der Waals surface area contributed by atoms with Gasteiger partial charge in [-0.2, -0.15) is 0 Å². The fourth-order valence-electron chi connectivity index (χ4n) is 2.63. The van der Waals surface area contributed by atoms with Gasteiger partial charge in [-0.3, -0.25) is 4.79 Å². The van der Waals surface area contributed by atoms with E-state index in [0.29, 0.717) is 5.69 Å². The van der Waals surface area contributed by atoms with Crippen LogP contribution >= 0.6 is 0 Å². The first-order valence-electron chi connectivity index (χ1n) is 7.51. The Morgan fingerprint density at radius 1 is 1.04 bits per heavy atom. The SMILES string of the molecule is O=C(Nc1c(F)cccc1F)NC1CC(=O)N(c2ccc(F)cc2)C1. The summed E-state index contributed by atoms with van der Waals surface area (Å²) in [5.74, 6) is -2.46. The summed E-state index contributed by atoms with van der Waals surface area (Å²) in [6.07, 6.45) is 0.0323. The van der Waals surface area contributed by atoms with E-state index < -0.39 is 35.2 Å². The lowest BCUT2D eigenvalue weighted by atomic mass is 10.2. The van der Waals surface area contributed by atoms with Crippen LogP contribution in [-0.4, -0.2) is 24.5 Å². The molecular weight excluding hydrogens is 335 g/mol. The molecule has 0 spiro atoms. The van der Waals surface area contributed by atoms with Gasteiger partial charge in [0.1, 0.15) is 23.1 Å². The van der Waals surface area contributed by atoms with Crippen molar-refractivity contribution in [1.29, 1.82) is 0 Å². The van der Waals surface area contributed by atoms with Crippen LogP contribution in [0.3, 0.4) is 0 Å². The zero-order valence-electron chi connectivity index (χ0n) is 12.9. The molecule has 1 heterocycles. The molecule has 1 aliphatic rings. The number of amides is 3. The van der Waals surface area contributed by atoms with Gasteiger partial charge in [0.05, 0.1) is 6.04 Å². The predicted molar refractivity (Wildman–Crippen MR) is 85.7 cm³/mol.